The molecule has 0 aromatic heterocycles. The summed E-state index contributed by atoms with van der Waals surface area (Å²) in [5.74, 6) is -0.375. The van der Waals surface area contributed by atoms with E-state index in [4.69, 9.17) is 21.4 Å². The second-order valence-electron chi connectivity index (χ2n) is 4.93. The maximum absolute atomic E-state index is 11.6. The van der Waals surface area contributed by atoms with Crippen LogP contribution in [-0.4, -0.2) is 29.6 Å². The third-order valence-electron chi connectivity index (χ3n) is 2.83. The second-order valence-corrected chi connectivity index (χ2v) is 5.34. The van der Waals surface area contributed by atoms with Crippen molar-refractivity contribution in [3.05, 3.63) is 28.8 Å². The van der Waals surface area contributed by atoms with Crippen LogP contribution in [0.25, 0.3) is 0 Å². The number of hydrogen-bond acceptors (Lipinski definition) is 3. The number of carbonyl (C=O) groups is 2. The molecule has 0 spiro atoms. The highest BCUT2D eigenvalue weighted by atomic mass is 35.5. The van der Waals surface area contributed by atoms with Crippen molar-refractivity contribution >= 4 is 23.5 Å². The molecule has 0 aliphatic rings. The molecule has 0 aliphatic heterocycles. The Morgan fingerprint density at radius 2 is 2.14 bits per heavy atom. The third kappa shape index (κ3) is 6.99. The lowest BCUT2D eigenvalue weighted by Crippen LogP contribution is -2.34. The van der Waals surface area contributed by atoms with Crippen LogP contribution in [0.2, 0.25) is 5.02 Å². The van der Waals surface area contributed by atoms with E-state index in [0.717, 1.165) is 11.3 Å². The molecule has 1 amide bonds. The van der Waals surface area contributed by atoms with E-state index in [1.54, 1.807) is 19.1 Å². The van der Waals surface area contributed by atoms with Crippen LogP contribution in [0.4, 0.5) is 0 Å². The summed E-state index contributed by atoms with van der Waals surface area (Å²) >= 11 is 5.92. The van der Waals surface area contributed by atoms with Gasteiger partial charge in [0.25, 0.3) is 0 Å². The maximum Gasteiger partial charge on any atom is 0.305 e. The summed E-state index contributed by atoms with van der Waals surface area (Å²) in [4.78, 5) is 22.0. The third-order valence-corrected chi connectivity index (χ3v) is 3.26. The first-order chi connectivity index (χ1) is 9.88. The summed E-state index contributed by atoms with van der Waals surface area (Å²) in [5.41, 5.74) is 0.939. The SMILES string of the molecule is Cc1cc(OCCCC(=O)NC(C)CC(=O)O)ccc1Cl. The molecule has 0 aliphatic carbocycles. The highest BCUT2D eigenvalue weighted by molar-refractivity contribution is 6.31. The Labute approximate surface area is 129 Å². The number of hydrogen-bond donors (Lipinski definition) is 2. The number of amides is 1. The maximum atomic E-state index is 11.6. The molecule has 6 heteroatoms. The van der Waals surface area contributed by atoms with Crippen LogP contribution in [0.3, 0.4) is 0 Å². The lowest BCUT2D eigenvalue weighted by molar-refractivity contribution is -0.137. The number of carboxylic acids is 1. The molecule has 1 atom stereocenters. The molecule has 5 nitrogen and oxygen atoms in total. The molecule has 0 saturated heterocycles. The molecular weight excluding hydrogens is 294 g/mol. The number of rotatable bonds is 8. The normalized spacial score (nSPS) is 11.8. The number of carbonyl (C=O) groups excluding carboxylic acids is 1. The molecule has 0 saturated carbocycles. The summed E-state index contributed by atoms with van der Waals surface area (Å²) in [6.45, 7) is 3.98. The van der Waals surface area contributed by atoms with Gasteiger partial charge >= 0.3 is 5.97 Å². The average Bonchev–Trinajstić information content (AvgIpc) is 2.37. The van der Waals surface area contributed by atoms with Crippen LogP contribution in [0.1, 0.15) is 31.7 Å². The van der Waals surface area contributed by atoms with Crippen molar-refractivity contribution in [2.45, 2.75) is 39.2 Å². The van der Waals surface area contributed by atoms with Gasteiger partial charge in [-0.25, -0.2) is 0 Å². The minimum absolute atomic E-state index is 0.0771. The topological polar surface area (TPSA) is 75.6 Å². The monoisotopic (exact) mass is 313 g/mol. The van der Waals surface area contributed by atoms with Gasteiger partial charge in [-0.1, -0.05) is 11.6 Å². The predicted octanol–water partition coefficient (Wildman–Crippen LogP) is 2.79. The van der Waals surface area contributed by atoms with E-state index < -0.39 is 5.97 Å². The minimum Gasteiger partial charge on any atom is -0.494 e. The van der Waals surface area contributed by atoms with E-state index in [-0.39, 0.29) is 18.4 Å². The van der Waals surface area contributed by atoms with Crippen molar-refractivity contribution in [1.29, 1.82) is 0 Å². The number of benzene rings is 1. The van der Waals surface area contributed by atoms with Crippen molar-refractivity contribution in [3.63, 3.8) is 0 Å². The number of aryl methyl sites for hydroxylation is 1. The molecule has 116 valence electrons. The number of nitrogens with one attached hydrogen (secondary N) is 1. The zero-order valence-corrected chi connectivity index (χ0v) is 12.9. The summed E-state index contributed by atoms with van der Waals surface area (Å²) in [5, 5.41) is 11.9. The van der Waals surface area contributed by atoms with E-state index in [1.165, 1.54) is 0 Å². The Bertz CT molecular complexity index is 504. The van der Waals surface area contributed by atoms with E-state index in [0.29, 0.717) is 24.5 Å². The van der Waals surface area contributed by atoms with Crippen LogP contribution >= 0.6 is 11.6 Å². The number of halogens is 1. The molecule has 21 heavy (non-hydrogen) atoms. The van der Waals surface area contributed by atoms with Gasteiger partial charge in [0.2, 0.25) is 5.91 Å². The summed E-state index contributed by atoms with van der Waals surface area (Å²) in [7, 11) is 0. The molecular formula is C15H20ClNO4. The van der Waals surface area contributed by atoms with E-state index >= 15 is 0 Å². The first-order valence-electron chi connectivity index (χ1n) is 6.78. The Morgan fingerprint density at radius 3 is 2.76 bits per heavy atom. The Kier molecular flexibility index (Phi) is 7.02. The first-order valence-corrected chi connectivity index (χ1v) is 7.16. The molecule has 2 N–H and O–H groups in total. The Hall–Kier alpha value is -1.75. The summed E-state index contributed by atoms with van der Waals surface area (Å²) in [6.07, 6.45) is 0.788. The zero-order valence-electron chi connectivity index (χ0n) is 12.2. The van der Waals surface area contributed by atoms with Crippen LogP contribution in [0, 0.1) is 6.92 Å². The summed E-state index contributed by atoms with van der Waals surface area (Å²) in [6, 6.07) is 5.03. The van der Waals surface area contributed by atoms with Gasteiger partial charge in [-0.3, -0.25) is 9.59 Å². The van der Waals surface area contributed by atoms with Crippen molar-refractivity contribution in [2.24, 2.45) is 0 Å². The smallest absolute Gasteiger partial charge is 0.305 e. The van der Waals surface area contributed by atoms with Crippen LogP contribution in [-0.2, 0) is 9.59 Å². The lowest BCUT2D eigenvalue weighted by Gasteiger charge is -2.12. The van der Waals surface area contributed by atoms with Gasteiger partial charge in [0.1, 0.15) is 5.75 Å². The van der Waals surface area contributed by atoms with Crippen LogP contribution in [0.5, 0.6) is 5.75 Å². The van der Waals surface area contributed by atoms with E-state index in [9.17, 15) is 9.59 Å². The average molecular weight is 314 g/mol. The van der Waals surface area contributed by atoms with Crippen molar-refractivity contribution in [1.82, 2.24) is 5.32 Å². The fraction of sp³-hybridized carbons (Fsp3) is 0.467. The second kappa shape index (κ2) is 8.52. The highest BCUT2D eigenvalue weighted by Crippen LogP contribution is 2.21. The molecule has 1 aromatic carbocycles. The van der Waals surface area contributed by atoms with Gasteiger partial charge < -0.3 is 15.2 Å². The number of aliphatic carboxylic acids is 1. The van der Waals surface area contributed by atoms with Gasteiger partial charge in [0.15, 0.2) is 0 Å². The molecule has 0 radical (unpaired) electrons. The Morgan fingerprint density at radius 1 is 1.43 bits per heavy atom. The summed E-state index contributed by atoms with van der Waals surface area (Å²) < 4.78 is 5.53. The quantitative estimate of drug-likeness (QED) is 0.724. The van der Waals surface area contributed by atoms with Crippen LogP contribution < -0.4 is 10.1 Å². The van der Waals surface area contributed by atoms with E-state index in [2.05, 4.69) is 5.32 Å². The zero-order chi connectivity index (χ0) is 15.8. The van der Waals surface area contributed by atoms with Gasteiger partial charge in [0, 0.05) is 17.5 Å². The fourth-order valence-corrected chi connectivity index (χ4v) is 1.91. The van der Waals surface area contributed by atoms with Crippen molar-refractivity contribution < 1.29 is 19.4 Å². The van der Waals surface area contributed by atoms with Crippen molar-refractivity contribution in [3.8, 4) is 5.75 Å². The van der Waals surface area contributed by atoms with Crippen LogP contribution in [0.15, 0.2) is 18.2 Å². The fourth-order valence-electron chi connectivity index (χ4n) is 1.79. The molecule has 1 unspecified atom stereocenters. The van der Waals surface area contributed by atoms with Gasteiger partial charge in [-0.05, 0) is 44.0 Å². The standard InChI is InChI=1S/C15H20ClNO4/c1-10-8-12(5-6-13(10)16)21-7-3-4-14(18)17-11(2)9-15(19)20/h5-6,8,11H,3-4,7,9H2,1-2H3,(H,17,18)(H,19,20). The Balaban J connectivity index is 2.22. The van der Waals surface area contributed by atoms with Gasteiger partial charge in [-0.2, -0.15) is 0 Å². The van der Waals surface area contributed by atoms with Crippen molar-refractivity contribution in [2.75, 3.05) is 6.61 Å². The predicted molar refractivity (Wildman–Crippen MR) is 80.8 cm³/mol. The minimum atomic E-state index is -0.927. The van der Waals surface area contributed by atoms with Gasteiger partial charge in [-0.15, -0.1) is 0 Å². The lowest BCUT2D eigenvalue weighted by atomic mass is 10.2. The first kappa shape index (κ1) is 17.3. The number of ether oxygens (including phenoxy) is 1. The highest BCUT2D eigenvalue weighted by Gasteiger charge is 2.10. The number of carboxylic acid groups (broad SMARTS) is 1. The molecule has 1 rings (SSSR count). The largest absolute Gasteiger partial charge is 0.494 e. The molecule has 0 heterocycles. The molecule has 0 fully saturated rings. The van der Waals surface area contributed by atoms with E-state index in [1.807, 2.05) is 13.0 Å². The molecule has 1 aromatic rings. The molecule has 0 bridgehead atoms. The van der Waals surface area contributed by atoms with Gasteiger partial charge in [0.05, 0.1) is 13.0 Å².